The molecule has 1 aromatic heterocycles. The minimum Gasteiger partial charge on any atom is -0.319 e. The Morgan fingerprint density at radius 1 is 0.556 bits per heavy atom. The van der Waals surface area contributed by atoms with Gasteiger partial charge in [0.1, 0.15) is 5.82 Å². The third-order valence-electron chi connectivity index (χ3n) is 9.39. The molecule has 3 nitrogen and oxygen atoms in total. The molecule has 262 valence electrons. The van der Waals surface area contributed by atoms with Gasteiger partial charge in [0.2, 0.25) is 0 Å². The van der Waals surface area contributed by atoms with Crippen LogP contribution in [0.3, 0.4) is 0 Å². The molecule has 0 amide bonds. The average molecular weight is 626 g/mol. The van der Waals surface area contributed by atoms with E-state index in [1.807, 2.05) is 0 Å². The summed E-state index contributed by atoms with van der Waals surface area (Å²) in [5.74, 6) is 1.27. The predicted molar refractivity (Wildman–Crippen MR) is 202 cm³/mol. The number of nitrogens with zero attached hydrogens (tertiary/aromatic N) is 2. The third kappa shape index (κ3) is 26.4. The Balaban J connectivity index is 1.98. The summed E-state index contributed by atoms with van der Waals surface area (Å²) in [6, 6.07) is 0. The van der Waals surface area contributed by atoms with Crippen LogP contribution in [-0.2, 0) is 6.42 Å². The molecule has 3 heteroatoms. The molecule has 0 aliphatic heterocycles. The quantitative estimate of drug-likeness (QED) is 0.0610. The van der Waals surface area contributed by atoms with E-state index < -0.39 is 0 Å². The molecule has 1 aromatic rings. The molecule has 1 heterocycles. The topological polar surface area (TPSA) is 29.9 Å². The third-order valence-corrected chi connectivity index (χ3v) is 9.39. The van der Waals surface area contributed by atoms with Crippen LogP contribution in [0, 0.1) is 6.92 Å². The summed E-state index contributed by atoms with van der Waals surface area (Å²) in [5, 5.41) is 3.77. The van der Waals surface area contributed by atoms with Gasteiger partial charge >= 0.3 is 0 Å². The van der Waals surface area contributed by atoms with Gasteiger partial charge in [-0.1, -0.05) is 154 Å². The van der Waals surface area contributed by atoms with Crippen molar-refractivity contribution in [2.24, 2.45) is 0 Å². The first-order valence-corrected chi connectivity index (χ1v) is 20.3. The van der Waals surface area contributed by atoms with Crippen molar-refractivity contribution in [1.29, 1.82) is 0 Å². The maximum absolute atomic E-state index is 4.88. The maximum atomic E-state index is 4.88. The Kier molecular flexibility index (Phi) is 30.2. The van der Waals surface area contributed by atoms with Crippen molar-refractivity contribution in [3.05, 3.63) is 42.0 Å². The van der Waals surface area contributed by atoms with E-state index in [1.165, 1.54) is 186 Å². The molecule has 1 unspecified atom stereocenters. The fourth-order valence-electron chi connectivity index (χ4n) is 6.40. The van der Waals surface area contributed by atoms with Crippen LogP contribution < -0.4 is 5.32 Å². The molecule has 0 saturated carbocycles. The smallest absolute Gasteiger partial charge is 0.110 e. The monoisotopic (exact) mass is 626 g/mol. The minimum atomic E-state index is 0.332. The highest BCUT2D eigenvalue weighted by Gasteiger charge is 2.11. The molecule has 0 bridgehead atoms. The van der Waals surface area contributed by atoms with Gasteiger partial charge in [-0.15, -0.1) is 0 Å². The molecular weight excluding hydrogens is 546 g/mol. The first kappa shape index (κ1) is 41.7. The largest absolute Gasteiger partial charge is 0.319 e. The van der Waals surface area contributed by atoms with E-state index >= 15 is 0 Å². The van der Waals surface area contributed by atoms with E-state index in [0.717, 1.165) is 18.7 Å². The highest BCUT2D eigenvalue weighted by Crippen LogP contribution is 2.16. The van der Waals surface area contributed by atoms with Crippen molar-refractivity contribution in [2.75, 3.05) is 6.54 Å². The van der Waals surface area contributed by atoms with Crippen LogP contribution in [0.1, 0.15) is 218 Å². The van der Waals surface area contributed by atoms with E-state index in [0.29, 0.717) is 6.17 Å². The van der Waals surface area contributed by atoms with Crippen molar-refractivity contribution in [1.82, 2.24) is 14.9 Å². The number of nitrogens with one attached hydrogen (secondary N) is 1. The number of imidazole rings is 1. The molecule has 1 N–H and O–H groups in total. The number of allylic oxidation sites excluding steroid dienone is 4. The molecule has 0 radical (unpaired) electrons. The van der Waals surface area contributed by atoms with Gasteiger partial charge in [0.05, 0.1) is 11.9 Å². The van der Waals surface area contributed by atoms with E-state index in [4.69, 9.17) is 4.98 Å². The SMILES string of the molecule is CCCCCCCC/C=C\CCCCCCCCNC(C)n1cc(C)nc1CCCCCCCC/C=C\CCCCCCCC. The highest BCUT2D eigenvalue weighted by atomic mass is 15.2. The fraction of sp³-hybridized carbons (Fsp3) is 0.833. The van der Waals surface area contributed by atoms with Gasteiger partial charge in [0.25, 0.3) is 0 Å². The van der Waals surface area contributed by atoms with Gasteiger partial charge < -0.3 is 4.57 Å². The van der Waals surface area contributed by atoms with Crippen LogP contribution in [0.25, 0.3) is 0 Å². The summed E-state index contributed by atoms with van der Waals surface area (Å²) in [6.45, 7) is 10.1. The number of unbranched alkanes of at least 4 members (excludes halogenated alkanes) is 24. The number of hydrogen-bond donors (Lipinski definition) is 1. The zero-order chi connectivity index (χ0) is 32.5. The molecule has 0 aliphatic carbocycles. The summed E-state index contributed by atoms with van der Waals surface area (Å²) in [7, 11) is 0. The molecule has 0 aliphatic rings. The summed E-state index contributed by atoms with van der Waals surface area (Å²) in [4.78, 5) is 4.88. The second-order valence-corrected chi connectivity index (χ2v) is 14.0. The first-order chi connectivity index (χ1) is 22.2. The predicted octanol–water partition coefficient (Wildman–Crippen LogP) is 13.9. The highest BCUT2D eigenvalue weighted by molar-refractivity contribution is 5.03. The number of hydrogen-bond acceptors (Lipinski definition) is 2. The lowest BCUT2D eigenvalue weighted by Crippen LogP contribution is -2.26. The average Bonchev–Trinajstić information content (AvgIpc) is 3.42. The summed E-state index contributed by atoms with van der Waals surface area (Å²) >= 11 is 0. The Labute approximate surface area is 282 Å². The molecule has 0 saturated heterocycles. The second-order valence-electron chi connectivity index (χ2n) is 14.0. The molecule has 45 heavy (non-hydrogen) atoms. The van der Waals surface area contributed by atoms with Gasteiger partial charge in [0, 0.05) is 12.6 Å². The maximum Gasteiger partial charge on any atom is 0.110 e. The van der Waals surface area contributed by atoms with Crippen molar-refractivity contribution < 1.29 is 0 Å². The van der Waals surface area contributed by atoms with Crippen molar-refractivity contribution >= 4 is 0 Å². The van der Waals surface area contributed by atoms with Crippen molar-refractivity contribution in [3.63, 3.8) is 0 Å². The summed E-state index contributed by atoms with van der Waals surface area (Å²) < 4.78 is 2.40. The zero-order valence-electron chi connectivity index (χ0n) is 31.1. The lowest BCUT2D eigenvalue weighted by atomic mass is 10.1. The molecule has 1 rings (SSSR count). The van der Waals surface area contributed by atoms with Crippen LogP contribution in [0.4, 0.5) is 0 Å². The Hall–Kier alpha value is -1.35. The number of aryl methyl sites for hydroxylation is 2. The van der Waals surface area contributed by atoms with Crippen LogP contribution in [0.15, 0.2) is 30.5 Å². The lowest BCUT2D eigenvalue weighted by Gasteiger charge is -2.18. The van der Waals surface area contributed by atoms with Crippen LogP contribution in [-0.4, -0.2) is 16.1 Å². The Morgan fingerprint density at radius 2 is 0.933 bits per heavy atom. The fourth-order valence-corrected chi connectivity index (χ4v) is 6.40. The normalized spacial score (nSPS) is 12.7. The molecule has 1 atom stereocenters. The van der Waals surface area contributed by atoms with Crippen LogP contribution in [0.2, 0.25) is 0 Å². The Bertz CT molecular complexity index is 792. The number of rotatable bonds is 34. The van der Waals surface area contributed by atoms with Gasteiger partial charge in [-0.05, 0) is 84.6 Å². The van der Waals surface area contributed by atoms with Crippen molar-refractivity contribution in [2.45, 2.75) is 220 Å². The molecule has 0 fully saturated rings. The Morgan fingerprint density at radius 3 is 1.38 bits per heavy atom. The van der Waals surface area contributed by atoms with Crippen molar-refractivity contribution in [3.8, 4) is 0 Å². The van der Waals surface area contributed by atoms with Gasteiger partial charge in [-0.25, -0.2) is 4.98 Å². The van der Waals surface area contributed by atoms with Crippen LogP contribution in [0.5, 0.6) is 0 Å². The van der Waals surface area contributed by atoms with Gasteiger partial charge in [0.15, 0.2) is 0 Å². The molecule has 0 aromatic carbocycles. The lowest BCUT2D eigenvalue weighted by molar-refractivity contribution is 0.412. The summed E-state index contributed by atoms with van der Waals surface area (Å²) in [5.41, 5.74) is 1.15. The molecular formula is C42H79N3. The van der Waals surface area contributed by atoms with E-state index in [9.17, 15) is 0 Å². The van der Waals surface area contributed by atoms with Gasteiger partial charge in [-0.2, -0.15) is 0 Å². The first-order valence-electron chi connectivity index (χ1n) is 20.3. The van der Waals surface area contributed by atoms with E-state index in [-0.39, 0.29) is 0 Å². The van der Waals surface area contributed by atoms with Gasteiger partial charge in [-0.3, -0.25) is 5.32 Å². The molecule has 0 spiro atoms. The van der Waals surface area contributed by atoms with E-state index in [2.05, 4.69) is 68.1 Å². The summed E-state index contributed by atoms with van der Waals surface area (Å²) in [6.07, 6.45) is 51.6. The number of aromatic nitrogens is 2. The minimum absolute atomic E-state index is 0.332. The van der Waals surface area contributed by atoms with E-state index in [1.54, 1.807) is 0 Å². The van der Waals surface area contributed by atoms with Crippen LogP contribution >= 0.6 is 0 Å². The zero-order valence-corrected chi connectivity index (χ0v) is 31.1. The standard InChI is InChI=1S/C42H79N3/c1-5-7-9-11-13-15-17-19-21-23-25-27-29-31-33-35-37-42-44-40(3)39-45(42)41(4)43-38-36-34-32-30-28-26-24-22-20-18-16-14-12-10-8-6-2/h19-22,39,41,43H,5-18,23-38H2,1-4H3/b21-19-,22-20-. The second kappa shape index (κ2) is 32.6.